The molecule has 2 amide bonds. The van der Waals surface area contributed by atoms with Crippen molar-refractivity contribution in [3.63, 3.8) is 0 Å². The Kier molecular flexibility index (Phi) is 4.13. The van der Waals surface area contributed by atoms with Crippen LogP contribution in [0.2, 0.25) is 0 Å². The number of methoxy groups -OCH3 is 1. The predicted octanol–water partition coefficient (Wildman–Crippen LogP) is 0.929. The van der Waals surface area contributed by atoms with Gasteiger partial charge < -0.3 is 15.0 Å². The highest BCUT2D eigenvalue weighted by atomic mass is 16.5. The second kappa shape index (κ2) is 5.49. The second-order valence-corrected chi connectivity index (χ2v) is 5.76. The number of nitrogens with zero attached hydrogens (tertiary/aromatic N) is 1. The number of rotatable bonds is 6. The molecule has 5 nitrogen and oxygen atoms in total. The van der Waals surface area contributed by atoms with Crippen LogP contribution in [0.1, 0.15) is 39.5 Å². The zero-order chi connectivity index (χ0) is 14.0. The van der Waals surface area contributed by atoms with E-state index >= 15 is 0 Å². The first-order valence-electron chi connectivity index (χ1n) is 7.16. The van der Waals surface area contributed by atoms with E-state index in [1.807, 2.05) is 13.8 Å². The Hall–Kier alpha value is -1.10. The Balaban J connectivity index is 2.19. The zero-order valence-corrected chi connectivity index (χ0v) is 12.1. The number of carbonyl (C=O) groups is 2. The first-order valence-corrected chi connectivity index (χ1v) is 7.16. The highest BCUT2D eigenvalue weighted by Crippen LogP contribution is 2.42. The summed E-state index contributed by atoms with van der Waals surface area (Å²) in [6.45, 7) is 4.86. The lowest BCUT2D eigenvalue weighted by molar-refractivity contribution is -0.156. The van der Waals surface area contributed by atoms with Crippen LogP contribution < -0.4 is 5.32 Å². The highest BCUT2D eigenvalue weighted by molar-refractivity contribution is 6.00. The first-order chi connectivity index (χ1) is 9.04. The van der Waals surface area contributed by atoms with Crippen LogP contribution in [0, 0.1) is 5.92 Å². The van der Waals surface area contributed by atoms with E-state index in [4.69, 9.17) is 4.74 Å². The minimum atomic E-state index is -0.699. The summed E-state index contributed by atoms with van der Waals surface area (Å²) in [6.07, 6.45) is 3.65. The normalized spacial score (nSPS) is 31.5. The van der Waals surface area contributed by atoms with Crippen molar-refractivity contribution in [3.05, 3.63) is 0 Å². The van der Waals surface area contributed by atoms with Gasteiger partial charge in [-0.3, -0.25) is 9.59 Å². The number of piperazine rings is 1. The molecule has 1 saturated heterocycles. The van der Waals surface area contributed by atoms with Crippen LogP contribution in [0.3, 0.4) is 0 Å². The topological polar surface area (TPSA) is 58.6 Å². The van der Waals surface area contributed by atoms with Crippen LogP contribution in [0.5, 0.6) is 0 Å². The van der Waals surface area contributed by atoms with Gasteiger partial charge in [-0.1, -0.05) is 13.3 Å². The molecule has 5 heteroatoms. The summed E-state index contributed by atoms with van der Waals surface area (Å²) in [6, 6.07) is -0.334. The molecule has 2 aliphatic rings. The molecule has 1 aliphatic heterocycles. The third kappa shape index (κ3) is 2.61. The summed E-state index contributed by atoms with van der Waals surface area (Å²) in [4.78, 5) is 26.8. The molecule has 0 spiro atoms. The third-order valence-electron chi connectivity index (χ3n) is 4.26. The lowest BCUT2D eigenvalue weighted by atomic mass is 9.88. The van der Waals surface area contributed by atoms with Crippen LogP contribution in [0.25, 0.3) is 0 Å². The van der Waals surface area contributed by atoms with Gasteiger partial charge in [-0.2, -0.15) is 0 Å². The van der Waals surface area contributed by atoms with E-state index in [0.29, 0.717) is 25.5 Å². The van der Waals surface area contributed by atoms with Crippen molar-refractivity contribution in [2.24, 2.45) is 5.92 Å². The summed E-state index contributed by atoms with van der Waals surface area (Å²) in [7, 11) is 1.61. The lowest BCUT2D eigenvalue weighted by Gasteiger charge is -2.44. The highest BCUT2D eigenvalue weighted by Gasteiger charge is 2.54. The second-order valence-electron chi connectivity index (χ2n) is 5.76. The Labute approximate surface area is 114 Å². The van der Waals surface area contributed by atoms with Gasteiger partial charge >= 0.3 is 0 Å². The van der Waals surface area contributed by atoms with E-state index in [1.54, 1.807) is 12.0 Å². The van der Waals surface area contributed by atoms with Crippen LogP contribution in [0.4, 0.5) is 0 Å². The first kappa shape index (κ1) is 14.3. The van der Waals surface area contributed by atoms with Gasteiger partial charge in [0.2, 0.25) is 11.8 Å². The SMILES string of the molecule is CCCC1C(=O)NC(C)(C2CC2)C(=O)N1CCOC. The van der Waals surface area contributed by atoms with Crippen molar-refractivity contribution in [1.29, 1.82) is 0 Å². The van der Waals surface area contributed by atoms with Gasteiger partial charge in [-0.05, 0) is 32.1 Å². The maximum Gasteiger partial charge on any atom is 0.249 e. The summed E-state index contributed by atoms with van der Waals surface area (Å²) >= 11 is 0. The third-order valence-corrected chi connectivity index (χ3v) is 4.26. The monoisotopic (exact) mass is 268 g/mol. The van der Waals surface area contributed by atoms with Crippen LogP contribution in [0.15, 0.2) is 0 Å². The van der Waals surface area contributed by atoms with Crippen molar-refractivity contribution >= 4 is 11.8 Å². The molecule has 1 N–H and O–H groups in total. The molecular formula is C14H24N2O3. The molecule has 19 heavy (non-hydrogen) atoms. The number of nitrogens with one attached hydrogen (secondary N) is 1. The van der Waals surface area contributed by atoms with Crippen molar-refractivity contribution in [1.82, 2.24) is 10.2 Å². The van der Waals surface area contributed by atoms with Gasteiger partial charge in [0, 0.05) is 13.7 Å². The molecule has 0 aromatic heterocycles. The van der Waals surface area contributed by atoms with E-state index in [9.17, 15) is 9.59 Å². The fourth-order valence-corrected chi connectivity index (χ4v) is 2.92. The predicted molar refractivity (Wildman–Crippen MR) is 71.6 cm³/mol. The maximum absolute atomic E-state index is 12.7. The Morgan fingerprint density at radius 3 is 2.63 bits per heavy atom. The Morgan fingerprint density at radius 1 is 1.42 bits per heavy atom. The fourth-order valence-electron chi connectivity index (χ4n) is 2.92. The number of ether oxygens (including phenoxy) is 1. The van der Waals surface area contributed by atoms with Crippen molar-refractivity contribution < 1.29 is 14.3 Å². The average molecular weight is 268 g/mol. The zero-order valence-electron chi connectivity index (χ0n) is 12.1. The molecule has 0 aromatic rings. The largest absolute Gasteiger partial charge is 0.383 e. The summed E-state index contributed by atoms with van der Waals surface area (Å²) < 4.78 is 5.07. The summed E-state index contributed by atoms with van der Waals surface area (Å²) in [5.74, 6) is 0.355. The number of amides is 2. The molecule has 2 fully saturated rings. The lowest BCUT2D eigenvalue weighted by Crippen LogP contribution is -2.70. The Bertz CT molecular complexity index is 368. The van der Waals surface area contributed by atoms with E-state index in [-0.39, 0.29) is 17.9 Å². The van der Waals surface area contributed by atoms with Gasteiger partial charge in [0.05, 0.1) is 6.61 Å². The summed E-state index contributed by atoms with van der Waals surface area (Å²) in [5.41, 5.74) is -0.699. The van der Waals surface area contributed by atoms with Crippen LogP contribution in [-0.4, -0.2) is 48.6 Å². The molecule has 0 radical (unpaired) electrons. The standard InChI is InChI=1S/C14H24N2O3/c1-4-5-11-12(17)15-14(2,10-6-7-10)13(18)16(11)8-9-19-3/h10-11H,4-9H2,1-3H3,(H,15,17). The summed E-state index contributed by atoms with van der Waals surface area (Å²) in [5, 5.41) is 2.97. The Morgan fingerprint density at radius 2 is 2.11 bits per heavy atom. The van der Waals surface area contributed by atoms with Gasteiger partial charge in [0.15, 0.2) is 0 Å². The van der Waals surface area contributed by atoms with Gasteiger partial charge in [-0.15, -0.1) is 0 Å². The maximum atomic E-state index is 12.7. The molecule has 1 aliphatic carbocycles. The number of hydrogen-bond acceptors (Lipinski definition) is 3. The number of carbonyl (C=O) groups excluding carboxylic acids is 2. The average Bonchev–Trinajstić information content (AvgIpc) is 3.20. The molecule has 2 rings (SSSR count). The quantitative estimate of drug-likeness (QED) is 0.779. The van der Waals surface area contributed by atoms with Crippen molar-refractivity contribution in [2.45, 2.75) is 51.1 Å². The van der Waals surface area contributed by atoms with Crippen molar-refractivity contribution in [3.8, 4) is 0 Å². The molecule has 108 valence electrons. The van der Waals surface area contributed by atoms with E-state index in [0.717, 1.165) is 19.3 Å². The minimum Gasteiger partial charge on any atom is -0.383 e. The molecule has 1 heterocycles. The smallest absolute Gasteiger partial charge is 0.249 e. The van der Waals surface area contributed by atoms with E-state index in [2.05, 4.69) is 5.32 Å². The fraction of sp³-hybridized carbons (Fsp3) is 0.857. The molecular weight excluding hydrogens is 244 g/mol. The van der Waals surface area contributed by atoms with Gasteiger partial charge in [0.1, 0.15) is 11.6 Å². The molecule has 2 unspecified atom stereocenters. The van der Waals surface area contributed by atoms with Crippen molar-refractivity contribution in [2.75, 3.05) is 20.3 Å². The van der Waals surface area contributed by atoms with Crippen LogP contribution in [-0.2, 0) is 14.3 Å². The van der Waals surface area contributed by atoms with E-state index < -0.39 is 5.54 Å². The molecule has 2 atom stereocenters. The molecule has 0 aromatic carbocycles. The minimum absolute atomic E-state index is 0.00745. The molecule has 0 bridgehead atoms. The molecule has 1 saturated carbocycles. The van der Waals surface area contributed by atoms with Crippen LogP contribution >= 0.6 is 0 Å². The van der Waals surface area contributed by atoms with Gasteiger partial charge in [-0.25, -0.2) is 0 Å². The number of hydrogen-bond donors (Lipinski definition) is 1. The van der Waals surface area contributed by atoms with Gasteiger partial charge in [0.25, 0.3) is 0 Å². The van der Waals surface area contributed by atoms with E-state index in [1.165, 1.54) is 0 Å².